The Hall–Kier alpha value is -2.95. The summed E-state index contributed by atoms with van der Waals surface area (Å²) in [4.78, 5) is 35.8. The second-order valence-electron chi connectivity index (χ2n) is 5.83. The van der Waals surface area contributed by atoms with Crippen LogP contribution in [0.25, 0.3) is 0 Å². The molecule has 5 nitrogen and oxygen atoms in total. The first-order valence-electron chi connectivity index (χ1n) is 7.71. The van der Waals surface area contributed by atoms with Crippen LogP contribution < -0.4 is 10.5 Å². The van der Waals surface area contributed by atoms with Crippen LogP contribution in [0, 0.1) is 0 Å². The number of ketones is 1. The molecule has 0 aliphatic heterocycles. The van der Waals surface area contributed by atoms with Gasteiger partial charge in [0.2, 0.25) is 5.91 Å². The van der Waals surface area contributed by atoms with Crippen molar-refractivity contribution in [3.63, 3.8) is 0 Å². The van der Waals surface area contributed by atoms with Crippen LogP contribution in [-0.4, -0.2) is 17.7 Å². The molecule has 24 heavy (non-hydrogen) atoms. The van der Waals surface area contributed by atoms with Crippen molar-refractivity contribution >= 4 is 17.7 Å². The van der Waals surface area contributed by atoms with Gasteiger partial charge in [0.15, 0.2) is 5.78 Å². The first kappa shape index (κ1) is 15.9. The molecule has 1 aliphatic rings. The number of rotatable bonds is 4. The molecule has 3 rings (SSSR count). The van der Waals surface area contributed by atoms with Crippen LogP contribution in [0.5, 0.6) is 5.75 Å². The van der Waals surface area contributed by atoms with E-state index in [0.29, 0.717) is 24.0 Å². The maximum absolute atomic E-state index is 12.8. The third kappa shape index (κ3) is 2.93. The number of hydrogen-bond donors (Lipinski definition) is 1. The van der Waals surface area contributed by atoms with Gasteiger partial charge in [0, 0.05) is 12.5 Å². The highest BCUT2D eigenvalue weighted by Crippen LogP contribution is 2.38. The van der Waals surface area contributed by atoms with Crippen molar-refractivity contribution in [3.8, 4) is 5.75 Å². The Kier molecular flexibility index (Phi) is 4.16. The van der Waals surface area contributed by atoms with E-state index < -0.39 is 17.8 Å². The lowest BCUT2D eigenvalue weighted by Crippen LogP contribution is -2.19. The largest absolute Gasteiger partial charge is 0.426 e. The van der Waals surface area contributed by atoms with Gasteiger partial charge in [-0.05, 0) is 36.1 Å². The van der Waals surface area contributed by atoms with Gasteiger partial charge in [0.1, 0.15) is 5.75 Å². The van der Waals surface area contributed by atoms with Gasteiger partial charge in [-0.1, -0.05) is 30.3 Å². The molecule has 0 saturated heterocycles. The van der Waals surface area contributed by atoms with Crippen LogP contribution in [0.4, 0.5) is 0 Å². The second kappa shape index (κ2) is 6.28. The minimum absolute atomic E-state index is 0.170. The summed E-state index contributed by atoms with van der Waals surface area (Å²) in [5.41, 5.74) is 7.90. The van der Waals surface area contributed by atoms with Gasteiger partial charge in [-0.2, -0.15) is 0 Å². The Morgan fingerprint density at radius 1 is 1.12 bits per heavy atom. The molecular formula is C19H17NO4. The number of primary amides is 1. The van der Waals surface area contributed by atoms with E-state index in [1.165, 1.54) is 6.92 Å². The molecule has 2 N–H and O–H groups in total. The molecule has 1 atom stereocenters. The lowest BCUT2D eigenvalue weighted by Gasteiger charge is -2.13. The molecule has 0 saturated carbocycles. The minimum Gasteiger partial charge on any atom is -0.426 e. The zero-order chi connectivity index (χ0) is 17.3. The van der Waals surface area contributed by atoms with Crippen molar-refractivity contribution in [2.45, 2.75) is 25.7 Å². The van der Waals surface area contributed by atoms with Crippen molar-refractivity contribution in [3.05, 3.63) is 64.7 Å². The number of esters is 1. The highest BCUT2D eigenvalue weighted by Gasteiger charge is 2.30. The maximum atomic E-state index is 12.8. The number of amides is 1. The fourth-order valence-electron chi connectivity index (χ4n) is 3.09. The summed E-state index contributed by atoms with van der Waals surface area (Å²) in [6.45, 7) is 1.27. The summed E-state index contributed by atoms with van der Waals surface area (Å²) in [6, 6.07) is 12.1. The summed E-state index contributed by atoms with van der Waals surface area (Å²) >= 11 is 0. The molecule has 1 amide bonds. The first-order chi connectivity index (χ1) is 11.5. The molecule has 0 bridgehead atoms. The highest BCUT2D eigenvalue weighted by molar-refractivity contribution is 6.11. The van der Waals surface area contributed by atoms with Crippen molar-refractivity contribution in [1.82, 2.24) is 0 Å². The van der Waals surface area contributed by atoms with Crippen LogP contribution in [0.1, 0.15) is 46.3 Å². The normalized spacial score (nSPS) is 15.6. The SMILES string of the molecule is CC(=O)Oc1cc2c(cc1C(=O)c1ccccc1)CCC2C(N)=O. The number of carbonyl (C=O) groups is 3. The number of aryl methyl sites for hydroxylation is 1. The van der Waals surface area contributed by atoms with Gasteiger partial charge in [0.05, 0.1) is 11.5 Å². The van der Waals surface area contributed by atoms with Crippen molar-refractivity contribution in [1.29, 1.82) is 0 Å². The molecule has 0 heterocycles. The summed E-state index contributed by atoms with van der Waals surface area (Å²) in [7, 11) is 0. The molecular weight excluding hydrogens is 306 g/mol. The predicted octanol–water partition coefficient (Wildman–Crippen LogP) is 2.36. The third-order valence-corrected chi connectivity index (χ3v) is 4.20. The van der Waals surface area contributed by atoms with Crippen LogP contribution in [0.2, 0.25) is 0 Å². The van der Waals surface area contributed by atoms with E-state index in [4.69, 9.17) is 10.5 Å². The molecule has 0 fully saturated rings. The van der Waals surface area contributed by atoms with Gasteiger partial charge in [0.25, 0.3) is 0 Å². The molecule has 122 valence electrons. The van der Waals surface area contributed by atoms with E-state index in [1.54, 1.807) is 36.4 Å². The average Bonchev–Trinajstić information content (AvgIpc) is 2.96. The number of carbonyl (C=O) groups excluding carboxylic acids is 3. The van der Waals surface area contributed by atoms with Crippen LogP contribution >= 0.6 is 0 Å². The Bertz CT molecular complexity index is 827. The summed E-state index contributed by atoms with van der Waals surface area (Å²) in [5.74, 6) is -1.40. The Morgan fingerprint density at radius 2 is 1.83 bits per heavy atom. The molecule has 2 aromatic rings. The number of ether oxygens (including phenoxy) is 1. The van der Waals surface area contributed by atoms with Gasteiger partial charge in [-0.15, -0.1) is 0 Å². The predicted molar refractivity (Wildman–Crippen MR) is 87.9 cm³/mol. The standard InChI is InChI=1S/C19H17NO4/c1-11(21)24-17-10-15-13(7-8-14(15)19(20)23)9-16(17)18(22)12-5-3-2-4-6-12/h2-6,9-10,14H,7-8H2,1H3,(H2,20,23). The van der Waals surface area contributed by atoms with Crippen molar-refractivity contribution < 1.29 is 19.1 Å². The van der Waals surface area contributed by atoms with E-state index in [1.807, 2.05) is 6.07 Å². The van der Waals surface area contributed by atoms with Gasteiger partial charge < -0.3 is 10.5 Å². The monoisotopic (exact) mass is 323 g/mol. The number of benzene rings is 2. The second-order valence-corrected chi connectivity index (χ2v) is 5.83. The maximum Gasteiger partial charge on any atom is 0.308 e. The zero-order valence-corrected chi connectivity index (χ0v) is 13.2. The third-order valence-electron chi connectivity index (χ3n) is 4.20. The van der Waals surface area contributed by atoms with Crippen molar-refractivity contribution in [2.75, 3.05) is 0 Å². The molecule has 1 aliphatic carbocycles. The summed E-state index contributed by atoms with van der Waals surface area (Å²) in [6.07, 6.45) is 1.27. The number of hydrogen-bond acceptors (Lipinski definition) is 4. The van der Waals surface area contributed by atoms with E-state index >= 15 is 0 Å². The molecule has 5 heteroatoms. The van der Waals surface area contributed by atoms with E-state index in [9.17, 15) is 14.4 Å². The number of nitrogens with two attached hydrogens (primary N) is 1. The Balaban J connectivity index is 2.10. The molecule has 0 aromatic heterocycles. The lowest BCUT2D eigenvalue weighted by molar-refractivity contribution is -0.131. The topological polar surface area (TPSA) is 86.5 Å². The van der Waals surface area contributed by atoms with Gasteiger partial charge in [-0.3, -0.25) is 14.4 Å². The highest BCUT2D eigenvalue weighted by atomic mass is 16.5. The van der Waals surface area contributed by atoms with Crippen LogP contribution in [-0.2, 0) is 16.0 Å². The summed E-state index contributed by atoms with van der Waals surface area (Å²) in [5, 5.41) is 0. The van der Waals surface area contributed by atoms with Crippen LogP contribution in [0.15, 0.2) is 42.5 Å². The Labute approximate surface area is 139 Å². The minimum atomic E-state index is -0.523. The molecule has 2 aromatic carbocycles. The molecule has 1 unspecified atom stereocenters. The van der Waals surface area contributed by atoms with E-state index in [2.05, 4.69) is 0 Å². The fourth-order valence-corrected chi connectivity index (χ4v) is 3.09. The van der Waals surface area contributed by atoms with Gasteiger partial charge >= 0.3 is 5.97 Å². The quantitative estimate of drug-likeness (QED) is 0.531. The molecule has 0 spiro atoms. The van der Waals surface area contributed by atoms with Crippen LogP contribution in [0.3, 0.4) is 0 Å². The first-order valence-corrected chi connectivity index (χ1v) is 7.71. The fraction of sp³-hybridized carbons (Fsp3) is 0.211. The number of fused-ring (bicyclic) bond motifs is 1. The Morgan fingerprint density at radius 3 is 2.46 bits per heavy atom. The molecule has 0 radical (unpaired) electrons. The van der Waals surface area contributed by atoms with E-state index in [-0.39, 0.29) is 11.5 Å². The van der Waals surface area contributed by atoms with E-state index in [0.717, 1.165) is 11.1 Å². The zero-order valence-electron chi connectivity index (χ0n) is 13.2. The summed E-state index contributed by atoms with van der Waals surface area (Å²) < 4.78 is 5.23. The average molecular weight is 323 g/mol. The smallest absolute Gasteiger partial charge is 0.308 e. The lowest BCUT2D eigenvalue weighted by atomic mass is 9.95. The van der Waals surface area contributed by atoms with Crippen molar-refractivity contribution in [2.24, 2.45) is 5.73 Å². The van der Waals surface area contributed by atoms with Gasteiger partial charge in [-0.25, -0.2) is 0 Å².